The molecule has 1 unspecified atom stereocenters. The van der Waals surface area contributed by atoms with Crippen LogP contribution in [0.1, 0.15) is 19.8 Å². The zero-order valence-electron chi connectivity index (χ0n) is 6.05. The van der Waals surface area contributed by atoms with Gasteiger partial charge in [-0.1, -0.05) is 6.92 Å². The second-order valence-corrected chi connectivity index (χ2v) is 3.31. The van der Waals surface area contributed by atoms with E-state index in [-0.39, 0.29) is 12.4 Å². The lowest BCUT2D eigenvalue weighted by atomic mass is 9.99. The lowest BCUT2D eigenvalue weighted by Crippen LogP contribution is -2.33. The fraction of sp³-hybridized carbons (Fsp3) is 0.857. The van der Waals surface area contributed by atoms with Gasteiger partial charge >= 0.3 is 0 Å². The Labute approximate surface area is 67.3 Å². The van der Waals surface area contributed by atoms with Crippen molar-refractivity contribution in [3.05, 3.63) is 0 Å². The van der Waals surface area contributed by atoms with E-state index in [4.69, 9.17) is 5.41 Å². The molecule has 1 aliphatic heterocycles. The second kappa shape index (κ2) is 2.42. The molecule has 0 amide bonds. The van der Waals surface area contributed by atoms with Crippen molar-refractivity contribution in [2.75, 3.05) is 0 Å². The van der Waals surface area contributed by atoms with Crippen LogP contribution in [0.25, 0.3) is 0 Å². The maximum atomic E-state index is 7.36. The van der Waals surface area contributed by atoms with Crippen molar-refractivity contribution < 1.29 is 0 Å². The van der Waals surface area contributed by atoms with Crippen molar-refractivity contribution >= 4 is 18.2 Å². The summed E-state index contributed by atoms with van der Waals surface area (Å²) in [6.07, 6.45) is 2.28. The van der Waals surface area contributed by atoms with Gasteiger partial charge in [-0.3, -0.25) is 5.41 Å². The number of fused-ring (bicyclic) bond motifs is 1. The largest absolute Gasteiger partial charge is 0.371 e. The predicted octanol–water partition coefficient (Wildman–Crippen LogP) is 1.40. The zero-order chi connectivity index (χ0) is 6.43. The van der Waals surface area contributed by atoms with E-state index in [1.54, 1.807) is 0 Å². The molecule has 2 fully saturated rings. The second-order valence-electron chi connectivity index (χ2n) is 3.31. The molecule has 0 bridgehead atoms. The molecule has 0 radical (unpaired) electrons. The Morgan fingerprint density at radius 3 is 2.90 bits per heavy atom. The standard InChI is InChI=1S/C7H12N2.ClH/c1-4-2-7(8)9-6-3-5(4)6;/h4-6H,2-3H2,1H3,(H2,8,9);1H/t4?,5-,6-;/m1./s1. The highest BCUT2D eigenvalue weighted by Gasteiger charge is 2.44. The van der Waals surface area contributed by atoms with E-state index >= 15 is 0 Å². The zero-order valence-corrected chi connectivity index (χ0v) is 6.87. The van der Waals surface area contributed by atoms with E-state index in [1.807, 2.05) is 0 Å². The Balaban J connectivity index is 0.000000500. The summed E-state index contributed by atoms with van der Waals surface area (Å²) < 4.78 is 0. The minimum absolute atomic E-state index is 0. The van der Waals surface area contributed by atoms with Gasteiger partial charge in [0.25, 0.3) is 0 Å². The molecule has 0 aromatic heterocycles. The number of piperidine rings is 1. The van der Waals surface area contributed by atoms with Gasteiger partial charge in [0.1, 0.15) is 0 Å². The first-order valence-corrected chi connectivity index (χ1v) is 3.61. The van der Waals surface area contributed by atoms with Crippen molar-refractivity contribution in [1.82, 2.24) is 5.32 Å². The van der Waals surface area contributed by atoms with Crippen molar-refractivity contribution in [3.63, 3.8) is 0 Å². The van der Waals surface area contributed by atoms with Crippen LogP contribution in [0, 0.1) is 17.2 Å². The Morgan fingerprint density at radius 1 is 1.60 bits per heavy atom. The lowest BCUT2D eigenvalue weighted by molar-refractivity contribution is 0.473. The Hall–Kier alpha value is -0.240. The van der Waals surface area contributed by atoms with Gasteiger partial charge in [0.05, 0.1) is 5.84 Å². The van der Waals surface area contributed by atoms with Gasteiger partial charge in [-0.2, -0.15) is 0 Å². The molecule has 1 aliphatic carbocycles. The van der Waals surface area contributed by atoms with Crippen LogP contribution in [0.3, 0.4) is 0 Å². The van der Waals surface area contributed by atoms with Gasteiger partial charge in [-0.15, -0.1) is 12.4 Å². The maximum absolute atomic E-state index is 7.36. The minimum atomic E-state index is 0. The number of halogens is 1. The third-order valence-corrected chi connectivity index (χ3v) is 2.46. The minimum Gasteiger partial charge on any atom is -0.371 e. The molecule has 3 heteroatoms. The summed E-state index contributed by atoms with van der Waals surface area (Å²) in [5, 5.41) is 10.5. The molecule has 1 heterocycles. The Bertz CT molecular complexity index is 158. The summed E-state index contributed by atoms with van der Waals surface area (Å²) in [5.41, 5.74) is 0. The van der Waals surface area contributed by atoms with Gasteiger partial charge < -0.3 is 5.32 Å². The molecule has 0 spiro atoms. The van der Waals surface area contributed by atoms with Crippen LogP contribution in [0.2, 0.25) is 0 Å². The predicted molar refractivity (Wildman–Crippen MR) is 43.8 cm³/mol. The molecule has 1 saturated carbocycles. The molecule has 0 aromatic rings. The van der Waals surface area contributed by atoms with Crippen molar-refractivity contribution in [2.24, 2.45) is 11.8 Å². The molecular weight excluding hydrogens is 148 g/mol. The quantitative estimate of drug-likeness (QED) is 0.552. The van der Waals surface area contributed by atoms with Crippen molar-refractivity contribution in [3.8, 4) is 0 Å². The van der Waals surface area contributed by atoms with E-state index in [2.05, 4.69) is 12.2 Å². The van der Waals surface area contributed by atoms with Crippen LogP contribution < -0.4 is 5.32 Å². The summed E-state index contributed by atoms with van der Waals surface area (Å²) in [7, 11) is 0. The lowest BCUT2D eigenvalue weighted by Gasteiger charge is -2.18. The third kappa shape index (κ3) is 1.12. The van der Waals surface area contributed by atoms with E-state index in [0.717, 1.165) is 24.1 Å². The highest BCUT2D eigenvalue weighted by atomic mass is 35.5. The summed E-state index contributed by atoms with van der Waals surface area (Å²) in [6, 6.07) is 0.682. The first-order chi connectivity index (χ1) is 4.27. The summed E-state index contributed by atoms with van der Waals surface area (Å²) in [5.74, 6) is 2.42. The van der Waals surface area contributed by atoms with E-state index in [0.29, 0.717) is 6.04 Å². The molecule has 2 rings (SSSR count). The fourth-order valence-corrected chi connectivity index (χ4v) is 1.77. The first-order valence-electron chi connectivity index (χ1n) is 3.61. The monoisotopic (exact) mass is 160 g/mol. The van der Waals surface area contributed by atoms with Gasteiger partial charge in [-0.25, -0.2) is 0 Å². The van der Waals surface area contributed by atoms with Gasteiger partial charge in [0.2, 0.25) is 0 Å². The molecule has 2 N–H and O–H groups in total. The van der Waals surface area contributed by atoms with Crippen LogP contribution >= 0.6 is 12.4 Å². The highest BCUT2D eigenvalue weighted by Crippen LogP contribution is 2.41. The number of nitrogens with one attached hydrogen (secondary N) is 2. The number of rotatable bonds is 0. The summed E-state index contributed by atoms with van der Waals surface area (Å²) in [4.78, 5) is 0. The van der Waals surface area contributed by atoms with Crippen LogP contribution in [0.4, 0.5) is 0 Å². The van der Waals surface area contributed by atoms with Crippen molar-refractivity contribution in [2.45, 2.75) is 25.8 Å². The highest BCUT2D eigenvalue weighted by molar-refractivity contribution is 5.85. The average Bonchev–Trinajstić information content (AvgIpc) is 2.43. The number of amidine groups is 1. The number of hydrogen-bond donors (Lipinski definition) is 2. The molecule has 3 atom stereocenters. The van der Waals surface area contributed by atoms with Gasteiger partial charge in [0, 0.05) is 12.5 Å². The Morgan fingerprint density at radius 2 is 2.30 bits per heavy atom. The van der Waals surface area contributed by atoms with Crippen LogP contribution in [-0.4, -0.2) is 11.9 Å². The first kappa shape index (κ1) is 7.86. The van der Waals surface area contributed by atoms with Crippen molar-refractivity contribution in [1.29, 1.82) is 5.41 Å². The molecule has 10 heavy (non-hydrogen) atoms. The molecule has 2 aliphatic rings. The van der Waals surface area contributed by atoms with Gasteiger partial charge in [-0.05, 0) is 18.3 Å². The Kier molecular flexibility index (Phi) is 1.90. The van der Waals surface area contributed by atoms with E-state index < -0.39 is 0 Å². The normalized spacial score (nSPS) is 42.9. The van der Waals surface area contributed by atoms with E-state index in [9.17, 15) is 0 Å². The molecule has 2 nitrogen and oxygen atoms in total. The topological polar surface area (TPSA) is 35.9 Å². The molecule has 1 saturated heterocycles. The fourth-order valence-electron chi connectivity index (χ4n) is 1.77. The smallest absolute Gasteiger partial charge is 0.0936 e. The van der Waals surface area contributed by atoms with Gasteiger partial charge in [0.15, 0.2) is 0 Å². The maximum Gasteiger partial charge on any atom is 0.0936 e. The SMILES string of the molecule is CC1CC(=N)N[C@@H]2C[C@H]12.Cl. The van der Waals surface area contributed by atoms with Crippen LogP contribution in [0.5, 0.6) is 0 Å². The van der Waals surface area contributed by atoms with Crippen LogP contribution in [0.15, 0.2) is 0 Å². The molecule has 58 valence electrons. The summed E-state index contributed by atoms with van der Waals surface area (Å²) >= 11 is 0. The van der Waals surface area contributed by atoms with E-state index in [1.165, 1.54) is 6.42 Å². The third-order valence-electron chi connectivity index (χ3n) is 2.46. The number of hydrogen-bond acceptors (Lipinski definition) is 1. The summed E-state index contributed by atoms with van der Waals surface area (Å²) in [6.45, 7) is 2.25. The average molecular weight is 161 g/mol. The molecule has 0 aromatic carbocycles. The van der Waals surface area contributed by atoms with Crippen LogP contribution in [-0.2, 0) is 0 Å². The molecular formula is C7H13ClN2.